The SMILES string of the molecule is CCOC(=O)CN(C)CCOc1ccccc1CN. The van der Waals surface area contributed by atoms with Crippen LogP contribution in [-0.2, 0) is 16.1 Å². The number of hydrogen-bond donors (Lipinski definition) is 1. The summed E-state index contributed by atoms with van der Waals surface area (Å²) in [7, 11) is 1.86. The summed E-state index contributed by atoms with van der Waals surface area (Å²) < 4.78 is 10.5. The van der Waals surface area contributed by atoms with Gasteiger partial charge >= 0.3 is 5.97 Å². The third-order valence-corrected chi connectivity index (χ3v) is 2.63. The summed E-state index contributed by atoms with van der Waals surface area (Å²) in [5.41, 5.74) is 6.61. The number of benzene rings is 1. The lowest BCUT2D eigenvalue weighted by atomic mass is 10.2. The lowest BCUT2D eigenvalue weighted by Gasteiger charge is -2.16. The first-order valence-electron chi connectivity index (χ1n) is 6.42. The molecule has 5 heteroatoms. The van der Waals surface area contributed by atoms with E-state index in [9.17, 15) is 4.79 Å². The Morgan fingerprint density at radius 3 is 2.79 bits per heavy atom. The van der Waals surface area contributed by atoms with E-state index in [0.717, 1.165) is 11.3 Å². The lowest BCUT2D eigenvalue weighted by Crippen LogP contribution is -2.31. The minimum absolute atomic E-state index is 0.215. The molecule has 2 N–H and O–H groups in total. The molecule has 0 aliphatic carbocycles. The van der Waals surface area contributed by atoms with Gasteiger partial charge in [-0.05, 0) is 20.0 Å². The normalized spacial score (nSPS) is 10.5. The van der Waals surface area contributed by atoms with Gasteiger partial charge in [-0.1, -0.05) is 18.2 Å². The summed E-state index contributed by atoms with van der Waals surface area (Å²) in [6, 6.07) is 7.68. The molecule has 0 fully saturated rings. The van der Waals surface area contributed by atoms with E-state index in [1.807, 2.05) is 36.2 Å². The molecule has 1 rings (SSSR count). The average Bonchev–Trinajstić information content (AvgIpc) is 2.39. The van der Waals surface area contributed by atoms with Crippen molar-refractivity contribution < 1.29 is 14.3 Å². The van der Waals surface area contributed by atoms with Gasteiger partial charge in [0.15, 0.2) is 0 Å². The fourth-order valence-corrected chi connectivity index (χ4v) is 1.63. The van der Waals surface area contributed by atoms with Gasteiger partial charge in [-0.2, -0.15) is 0 Å². The van der Waals surface area contributed by atoms with E-state index in [0.29, 0.717) is 26.3 Å². The van der Waals surface area contributed by atoms with Crippen LogP contribution in [0.2, 0.25) is 0 Å². The van der Waals surface area contributed by atoms with Gasteiger partial charge in [0, 0.05) is 18.7 Å². The van der Waals surface area contributed by atoms with Crippen molar-refractivity contribution in [3.8, 4) is 5.75 Å². The maximum Gasteiger partial charge on any atom is 0.320 e. The van der Waals surface area contributed by atoms with Crippen molar-refractivity contribution in [2.45, 2.75) is 13.5 Å². The third kappa shape index (κ3) is 5.72. The van der Waals surface area contributed by atoms with E-state index in [1.54, 1.807) is 6.92 Å². The summed E-state index contributed by atoms with van der Waals surface area (Å²) in [4.78, 5) is 13.1. The van der Waals surface area contributed by atoms with Gasteiger partial charge < -0.3 is 15.2 Å². The van der Waals surface area contributed by atoms with Crippen molar-refractivity contribution in [1.29, 1.82) is 0 Å². The molecular weight excluding hydrogens is 244 g/mol. The number of rotatable bonds is 8. The minimum atomic E-state index is -0.215. The Kier molecular flexibility index (Phi) is 6.92. The highest BCUT2D eigenvalue weighted by Gasteiger charge is 2.07. The zero-order valence-electron chi connectivity index (χ0n) is 11.6. The summed E-state index contributed by atoms with van der Waals surface area (Å²) in [6.45, 7) is 4.09. The summed E-state index contributed by atoms with van der Waals surface area (Å²) in [5, 5.41) is 0. The van der Waals surface area contributed by atoms with E-state index in [2.05, 4.69) is 0 Å². The van der Waals surface area contributed by atoms with Gasteiger partial charge in [0.2, 0.25) is 0 Å². The number of para-hydroxylation sites is 1. The van der Waals surface area contributed by atoms with Crippen LogP contribution < -0.4 is 10.5 Å². The highest BCUT2D eigenvalue weighted by atomic mass is 16.5. The largest absolute Gasteiger partial charge is 0.492 e. The van der Waals surface area contributed by atoms with Crippen molar-refractivity contribution in [1.82, 2.24) is 4.90 Å². The van der Waals surface area contributed by atoms with Crippen LogP contribution in [0.25, 0.3) is 0 Å². The summed E-state index contributed by atoms with van der Waals surface area (Å²) in [5.74, 6) is 0.585. The maximum atomic E-state index is 11.3. The highest BCUT2D eigenvalue weighted by molar-refractivity contribution is 5.71. The number of likely N-dealkylation sites (N-methyl/N-ethyl adjacent to an activating group) is 1. The number of nitrogens with zero attached hydrogens (tertiary/aromatic N) is 1. The van der Waals surface area contributed by atoms with Gasteiger partial charge in [-0.15, -0.1) is 0 Å². The molecule has 1 aromatic carbocycles. The molecule has 0 saturated heterocycles. The molecule has 1 aromatic rings. The number of carbonyl (C=O) groups excluding carboxylic acids is 1. The van der Waals surface area contributed by atoms with Crippen LogP contribution in [0.1, 0.15) is 12.5 Å². The molecule has 0 aliphatic heterocycles. The molecule has 0 heterocycles. The molecule has 0 saturated carbocycles. The fraction of sp³-hybridized carbons (Fsp3) is 0.500. The van der Waals surface area contributed by atoms with Crippen LogP contribution in [0, 0.1) is 0 Å². The van der Waals surface area contributed by atoms with Crippen molar-refractivity contribution in [3.63, 3.8) is 0 Å². The van der Waals surface area contributed by atoms with Crippen molar-refractivity contribution >= 4 is 5.97 Å². The Morgan fingerprint density at radius 1 is 1.37 bits per heavy atom. The number of hydrogen-bond acceptors (Lipinski definition) is 5. The third-order valence-electron chi connectivity index (χ3n) is 2.63. The molecule has 0 radical (unpaired) electrons. The Hall–Kier alpha value is -1.59. The van der Waals surface area contributed by atoms with Crippen LogP contribution in [0.15, 0.2) is 24.3 Å². The van der Waals surface area contributed by atoms with E-state index in [-0.39, 0.29) is 12.5 Å². The van der Waals surface area contributed by atoms with E-state index in [4.69, 9.17) is 15.2 Å². The predicted molar refractivity (Wildman–Crippen MR) is 74.0 cm³/mol. The van der Waals surface area contributed by atoms with Crippen LogP contribution in [0.4, 0.5) is 0 Å². The second-order valence-corrected chi connectivity index (χ2v) is 4.20. The predicted octanol–water partition coefficient (Wildman–Crippen LogP) is 1.02. The first-order valence-corrected chi connectivity index (χ1v) is 6.42. The number of carbonyl (C=O) groups is 1. The second-order valence-electron chi connectivity index (χ2n) is 4.20. The zero-order valence-corrected chi connectivity index (χ0v) is 11.6. The first kappa shape index (κ1) is 15.5. The van der Waals surface area contributed by atoms with E-state index in [1.165, 1.54) is 0 Å². The van der Waals surface area contributed by atoms with Crippen LogP contribution in [0.3, 0.4) is 0 Å². The highest BCUT2D eigenvalue weighted by Crippen LogP contribution is 2.16. The molecule has 0 aliphatic rings. The quantitative estimate of drug-likeness (QED) is 0.712. The molecule has 106 valence electrons. The van der Waals surface area contributed by atoms with Crippen LogP contribution in [0.5, 0.6) is 5.75 Å². The van der Waals surface area contributed by atoms with Gasteiger partial charge in [-0.25, -0.2) is 0 Å². The molecule has 0 aromatic heterocycles. The zero-order chi connectivity index (χ0) is 14.1. The van der Waals surface area contributed by atoms with Gasteiger partial charge in [0.05, 0.1) is 13.2 Å². The van der Waals surface area contributed by atoms with Crippen LogP contribution in [-0.4, -0.2) is 44.2 Å². The maximum absolute atomic E-state index is 11.3. The van der Waals surface area contributed by atoms with Gasteiger partial charge in [0.1, 0.15) is 12.4 Å². The lowest BCUT2D eigenvalue weighted by molar-refractivity contribution is -0.144. The van der Waals surface area contributed by atoms with Crippen molar-refractivity contribution in [2.24, 2.45) is 5.73 Å². The molecule has 5 nitrogen and oxygen atoms in total. The van der Waals surface area contributed by atoms with Crippen LogP contribution >= 0.6 is 0 Å². The Labute approximate surface area is 114 Å². The second kappa shape index (κ2) is 8.50. The standard InChI is InChI=1S/C14H22N2O3/c1-3-18-14(17)11-16(2)8-9-19-13-7-5-4-6-12(13)10-15/h4-7H,3,8-11,15H2,1-2H3. The Morgan fingerprint density at radius 2 is 2.11 bits per heavy atom. The molecule has 0 atom stereocenters. The number of ether oxygens (including phenoxy) is 2. The van der Waals surface area contributed by atoms with E-state index >= 15 is 0 Å². The Bertz CT molecular complexity index is 396. The molecule has 19 heavy (non-hydrogen) atoms. The van der Waals surface area contributed by atoms with Gasteiger partial charge in [-0.3, -0.25) is 9.69 Å². The number of esters is 1. The smallest absolute Gasteiger partial charge is 0.320 e. The van der Waals surface area contributed by atoms with E-state index < -0.39 is 0 Å². The summed E-state index contributed by atoms with van der Waals surface area (Å²) in [6.07, 6.45) is 0. The fourth-order valence-electron chi connectivity index (χ4n) is 1.63. The van der Waals surface area contributed by atoms with Gasteiger partial charge in [0.25, 0.3) is 0 Å². The molecular formula is C14H22N2O3. The Balaban J connectivity index is 2.31. The molecule has 0 bridgehead atoms. The van der Waals surface area contributed by atoms with Crippen molar-refractivity contribution in [2.75, 3.05) is 33.4 Å². The van der Waals surface area contributed by atoms with Crippen molar-refractivity contribution in [3.05, 3.63) is 29.8 Å². The molecule has 0 amide bonds. The minimum Gasteiger partial charge on any atom is -0.492 e. The first-order chi connectivity index (χ1) is 9.17. The monoisotopic (exact) mass is 266 g/mol. The topological polar surface area (TPSA) is 64.8 Å². The molecule has 0 spiro atoms. The number of nitrogens with two attached hydrogens (primary N) is 1. The molecule has 0 unspecified atom stereocenters. The summed E-state index contributed by atoms with van der Waals surface area (Å²) >= 11 is 0. The average molecular weight is 266 g/mol.